The number of halogens is 2. The SMILES string of the molecule is CCCCCCCCCC/C=C/c1cc(Br)c(/C=C/CCCCCCCCCC)cc1Br. The van der Waals surface area contributed by atoms with Gasteiger partial charge in [0.05, 0.1) is 0 Å². The lowest BCUT2D eigenvalue weighted by molar-refractivity contribution is 0.578. The molecule has 0 aliphatic rings. The summed E-state index contributed by atoms with van der Waals surface area (Å²) < 4.78 is 2.36. The van der Waals surface area contributed by atoms with Crippen LogP contribution < -0.4 is 0 Å². The molecule has 1 rings (SSSR count). The minimum Gasteiger partial charge on any atom is -0.0839 e. The van der Waals surface area contributed by atoms with E-state index < -0.39 is 0 Å². The lowest BCUT2D eigenvalue weighted by Gasteiger charge is -2.05. The van der Waals surface area contributed by atoms with Gasteiger partial charge in [-0.1, -0.05) is 160 Å². The highest BCUT2D eigenvalue weighted by atomic mass is 79.9. The Morgan fingerprint density at radius 1 is 0.500 bits per heavy atom. The van der Waals surface area contributed by atoms with Gasteiger partial charge in [0.2, 0.25) is 0 Å². The summed E-state index contributed by atoms with van der Waals surface area (Å²) in [6.07, 6.45) is 33.7. The quantitative estimate of drug-likeness (QED) is 0.137. The van der Waals surface area contributed by atoms with Crippen molar-refractivity contribution in [2.24, 2.45) is 0 Å². The van der Waals surface area contributed by atoms with Crippen LogP contribution in [0.1, 0.15) is 141 Å². The van der Waals surface area contributed by atoms with Crippen molar-refractivity contribution >= 4 is 44.0 Å². The Balaban J connectivity index is 2.24. The molecule has 0 radical (unpaired) electrons. The zero-order valence-corrected chi connectivity index (χ0v) is 24.1. The number of hydrogen-bond acceptors (Lipinski definition) is 0. The summed E-state index contributed by atoms with van der Waals surface area (Å²) in [6, 6.07) is 4.48. The summed E-state index contributed by atoms with van der Waals surface area (Å²) in [5, 5.41) is 0. The summed E-state index contributed by atoms with van der Waals surface area (Å²) in [7, 11) is 0. The summed E-state index contributed by atoms with van der Waals surface area (Å²) in [5.74, 6) is 0. The van der Waals surface area contributed by atoms with Crippen LogP contribution in [-0.4, -0.2) is 0 Å². The zero-order valence-electron chi connectivity index (χ0n) is 20.9. The van der Waals surface area contributed by atoms with Crippen LogP contribution in [0.3, 0.4) is 0 Å². The normalized spacial score (nSPS) is 11.9. The molecule has 32 heavy (non-hydrogen) atoms. The van der Waals surface area contributed by atoms with Gasteiger partial charge >= 0.3 is 0 Å². The average molecular weight is 569 g/mol. The fourth-order valence-corrected chi connectivity index (χ4v) is 5.03. The van der Waals surface area contributed by atoms with Crippen LogP contribution in [0.15, 0.2) is 33.2 Å². The van der Waals surface area contributed by atoms with Crippen molar-refractivity contribution in [2.75, 3.05) is 0 Å². The highest BCUT2D eigenvalue weighted by Crippen LogP contribution is 2.28. The number of benzene rings is 1. The van der Waals surface area contributed by atoms with Crippen molar-refractivity contribution in [3.05, 3.63) is 44.4 Å². The van der Waals surface area contributed by atoms with Crippen molar-refractivity contribution in [1.82, 2.24) is 0 Å². The molecular weight excluding hydrogens is 520 g/mol. The molecule has 1 aromatic carbocycles. The van der Waals surface area contributed by atoms with Crippen molar-refractivity contribution < 1.29 is 0 Å². The molecule has 0 unspecified atom stereocenters. The first-order valence-corrected chi connectivity index (χ1v) is 15.1. The molecule has 0 saturated carbocycles. The van der Waals surface area contributed by atoms with Crippen LogP contribution in [0.2, 0.25) is 0 Å². The third-order valence-electron chi connectivity index (χ3n) is 6.16. The predicted molar refractivity (Wildman–Crippen MR) is 154 cm³/mol. The maximum atomic E-state index is 3.77. The lowest BCUT2D eigenvalue weighted by Crippen LogP contribution is -1.83. The molecule has 0 fully saturated rings. The second-order valence-electron chi connectivity index (χ2n) is 9.23. The van der Waals surface area contributed by atoms with Crippen LogP contribution in [0, 0.1) is 0 Å². The van der Waals surface area contributed by atoms with Crippen molar-refractivity contribution in [2.45, 2.75) is 129 Å². The molecular formula is C30H48Br2. The Labute approximate surface area is 217 Å². The number of rotatable bonds is 20. The number of allylic oxidation sites excluding steroid dienone is 2. The average Bonchev–Trinajstić information content (AvgIpc) is 2.79. The van der Waals surface area contributed by atoms with Crippen molar-refractivity contribution in [3.8, 4) is 0 Å². The first kappa shape index (κ1) is 29.7. The summed E-state index contributed by atoms with van der Waals surface area (Å²) >= 11 is 7.54. The molecule has 0 aliphatic carbocycles. The minimum atomic E-state index is 1.18. The Hall–Kier alpha value is -0.340. The Morgan fingerprint density at radius 3 is 1.16 bits per heavy atom. The van der Waals surface area contributed by atoms with Crippen LogP contribution in [-0.2, 0) is 0 Å². The molecule has 182 valence electrons. The molecule has 0 saturated heterocycles. The first-order valence-electron chi connectivity index (χ1n) is 13.5. The second-order valence-corrected chi connectivity index (χ2v) is 10.9. The summed E-state index contributed by atoms with van der Waals surface area (Å²) in [4.78, 5) is 0. The van der Waals surface area contributed by atoms with Crippen LogP contribution in [0.4, 0.5) is 0 Å². The molecule has 0 heterocycles. The molecule has 0 nitrogen and oxygen atoms in total. The molecule has 2 heteroatoms. The summed E-state index contributed by atoms with van der Waals surface area (Å²) in [6.45, 7) is 4.57. The fourth-order valence-electron chi connectivity index (χ4n) is 4.05. The van der Waals surface area contributed by atoms with E-state index in [4.69, 9.17) is 0 Å². The first-order chi connectivity index (χ1) is 15.7. The Bertz CT molecular complexity index is 574. The van der Waals surface area contributed by atoms with E-state index in [0.717, 1.165) is 0 Å². The minimum absolute atomic E-state index is 1.18. The molecule has 0 spiro atoms. The van der Waals surface area contributed by atoms with Crippen molar-refractivity contribution in [3.63, 3.8) is 0 Å². The molecule has 0 atom stereocenters. The molecule has 0 aromatic heterocycles. The Kier molecular flexibility index (Phi) is 19.7. The molecule has 0 N–H and O–H groups in total. The van der Waals surface area contributed by atoms with Gasteiger partial charge in [0.15, 0.2) is 0 Å². The van der Waals surface area contributed by atoms with E-state index in [-0.39, 0.29) is 0 Å². The van der Waals surface area contributed by atoms with E-state index in [1.165, 1.54) is 136 Å². The van der Waals surface area contributed by atoms with Gasteiger partial charge in [-0.15, -0.1) is 0 Å². The van der Waals surface area contributed by atoms with Gasteiger partial charge in [0, 0.05) is 8.95 Å². The standard InChI is InChI=1S/C30H48Br2/c1-3-5-7-9-11-13-15-17-19-21-23-27-25-30(32)28(26-29(27)31)24-22-20-18-16-14-12-10-8-6-4-2/h21-26H,3-20H2,1-2H3/b23-21+,24-22+. The predicted octanol–water partition coefficient (Wildman–Crippen LogP) is 12.3. The molecule has 1 aromatic rings. The van der Waals surface area contributed by atoms with Crippen molar-refractivity contribution in [1.29, 1.82) is 0 Å². The third kappa shape index (κ3) is 15.5. The van der Waals surface area contributed by atoms with Gasteiger partial charge in [-0.05, 0) is 48.9 Å². The van der Waals surface area contributed by atoms with Gasteiger partial charge in [-0.25, -0.2) is 0 Å². The smallest absolute Gasteiger partial charge is 0.0254 e. The molecule has 0 aliphatic heterocycles. The van der Waals surface area contributed by atoms with E-state index in [1.807, 2.05) is 0 Å². The highest BCUT2D eigenvalue weighted by Gasteiger charge is 2.03. The largest absolute Gasteiger partial charge is 0.0839 e. The van der Waals surface area contributed by atoms with Gasteiger partial charge in [0.25, 0.3) is 0 Å². The lowest BCUT2D eigenvalue weighted by atomic mass is 10.1. The third-order valence-corrected chi connectivity index (χ3v) is 7.53. The topological polar surface area (TPSA) is 0 Å². The number of unbranched alkanes of at least 4 members (excludes halogenated alkanes) is 16. The van der Waals surface area contributed by atoms with E-state index >= 15 is 0 Å². The van der Waals surface area contributed by atoms with Gasteiger partial charge in [-0.2, -0.15) is 0 Å². The van der Waals surface area contributed by atoms with Gasteiger partial charge in [0.1, 0.15) is 0 Å². The van der Waals surface area contributed by atoms with E-state index in [2.05, 4.69) is 82.1 Å². The second kappa shape index (κ2) is 21.2. The van der Waals surface area contributed by atoms with E-state index in [1.54, 1.807) is 0 Å². The van der Waals surface area contributed by atoms with Gasteiger partial charge in [-0.3, -0.25) is 0 Å². The zero-order chi connectivity index (χ0) is 23.3. The monoisotopic (exact) mass is 566 g/mol. The fraction of sp³-hybridized carbons (Fsp3) is 0.667. The molecule has 0 bridgehead atoms. The maximum absolute atomic E-state index is 3.77. The summed E-state index contributed by atoms with van der Waals surface area (Å²) in [5.41, 5.74) is 2.52. The highest BCUT2D eigenvalue weighted by molar-refractivity contribution is 9.11. The molecule has 0 amide bonds. The number of hydrogen-bond donors (Lipinski definition) is 0. The van der Waals surface area contributed by atoms with Crippen LogP contribution in [0.25, 0.3) is 12.2 Å². The maximum Gasteiger partial charge on any atom is 0.0254 e. The Morgan fingerprint density at radius 2 is 0.812 bits per heavy atom. The van der Waals surface area contributed by atoms with E-state index in [0.29, 0.717) is 0 Å². The van der Waals surface area contributed by atoms with Gasteiger partial charge < -0.3 is 0 Å². The van der Waals surface area contributed by atoms with E-state index in [9.17, 15) is 0 Å². The van der Waals surface area contributed by atoms with Crippen LogP contribution in [0.5, 0.6) is 0 Å². The van der Waals surface area contributed by atoms with Crippen LogP contribution >= 0.6 is 31.9 Å².